The van der Waals surface area contributed by atoms with Gasteiger partial charge in [-0.05, 0) is 46.2 Å². The number of rotatable bonds is 5. The van der Waals surface area contributed by atoms with Gasteiger partial charge in [-0.1, -0.05) is 48.5 Å². The van der Waals surface area contributed by atoms with Crippen LogP contribution in [0.1, 0.15) is 11.1 Å². The molecular weight excluding hydrogens is 300 g/mol. The lowest BCUT2D eigenvalue weighted by atomic mass is 10.1. The summed E-state index contributed by atoms with van der Waals surface area (Å²) in [6.45, 7) is 0.743. The fourth-order valence-corrected chi connectivity index (χ4v) is 2.47. The maximum Gasteiger partial charge on any atom is 0.267 e. The highest BCUT2D eigenvalue weighted by atomic mass is 16.5. The molecule has 0 aliphatic heterocycles. The third-order valence-electron chi connectivity index (χ3n) is 3.76. The summed E-state index contributed by atoms with van der Waals surface area (Å²) in [6.07, 6.45) is 2.91. The molecule has 0 unspecified atom stereocenters. The Morgan fingerprint density at radius 1 is 0.958 bits per heavy atom. The SMILES string of the molecule is O=C(/C=C/c1ccc(NCc2ccc3ccccc3c2)cc1)NO. The van der Waals surface area contributed by atoms with E-state index in [0.717, 1.165) is 17.8 Å². The third kappa shape index (κ3) is 4.00. The van der Waals surface area contributed by atoms with Gasteiger partial charge >= 0.3 is 0 Å². The summed E-state index contributed by atoms with van der Waals surface area (Å²) in [5.41, 5.74) is 4.67. The van der Waals surface area contributed by atoms with Crippen LogP contribution in [0.5, 0.6) is 0 Å². The molecule has 0 spiro atoms. The molecule has 4 heteroatoms. The Bertz CT molecular complexity index is 870. The molecule has 0 bridgehead atoms. The van der Waals surface area contributed by atoms with Gasteiger partial charge in [0.2, 0.25) is 0 Å². The fraction of sp³-hybridized carbons (Fsp3) is 0.0500. The lowest BCUT2D eigenvalue weighted by molar-refractivity contribution is -0.124. The monoisotopic (exact) mass is 318 g/mol. The first kappa shape index (κ1) is 15.8. The molecule has 120 valence electrons. The molecule has 24 heavy (non-hydrogen) atoms. The number of nitrogens with one attached hydrogen (secondary N) is 2. The van der Waals surface area contributed by atoms with Gasteiger partial charge in [-0.3, -0.25) is 10.0 Å². The number of hydrogen-bond donors (Lipinski definition) is 3. The van der Waals surface area contributed by atoms with E-state index in [1.807, 2.05) is 36.4 Å². The predicted octanol–water partition coefficient (Wildman–Crippen LogP) is 3.97. The minimum atomic E-state index is -0.548. The number of benzene rings is 3. The highest BCUT2D eigenvalue weighted by Gasteiger charge is 1.98. The van der Waals surface area contributed by atoms with Gasteiger partial charge < -0.3 is 5.32 Å². The molecule has 4 nitrogen and oxygen atoms in total. The largest absolute Gasteiger partial charge is 0.381 e. The van der Waals surface area contributed by atoms with E-state index in [1.54, 1.807) is 11.6 Å². The van der Waals surface area contributed by atoms with E-state index in [0.29, 0.717) is 0 Å². The standard InChI is InChI=1S/C20H18N2O2/c23-20(22-24)12-8-15-6-10-19(11-7-15)21-14-16-5-9-17-3-1-2-4-18(17)13-16/h1-13,21,24H,14H2,(H,22,23)/b12-8+. The summed E-state index contributed by atoms with van der Waals surface area (Å²) in [7, 11) is 0. The summed E-state index contributed by atoms with van der Waals surface area (Å²) in [4.78, 5) is 10.9. The van der Waals surface area contributed by atoms with Crippen LogP contribution in [-0.4, -0.2) is 11.1 Å². The molecule has 3 aromatic rings. The Morgan fingerprint density at radius 3 is 2.46 bits per heavy atom. The second-order valence-electron chi connectivity index (χ2n) is 5.47. The second-order valence-corrected chi connectivity index (χ2v) is 5.47. The molecule has 0 atom stereocenters. The highest BCUT2D eigenvalue weighted by molar-refractivity contribution is 5.90. The van der Waals surface area contributed by atoms with Crippen molar-refractivity contribution < 1.29 is 10.0 Å². The average Bonchev–Trinajstić information content (AvgIpc) is 2.65. The summed E-state index contributed by atoms with van der Waals surface area (Å²) in [6, 6.07) is 22.5. The molecule has 0 heterocycles. The summed E-state index contributed by atoms with van der Waals surface area (Å²) < 4.78 is 0. The Morgan fingerprint density at radius 2 is 1.71 bits per heavy atom. The summed E-state index contributed by atoms with van der Waals surface area (Å²) >= 11 is 0. The van der Waals surface area contributed by atoms with E-state index >= 15 is 0 Å². The van der Waals surface area contributed by atoms with Crippen LogP contribution in [0.3, 0.4) is 0 Å². The van der Waals surface area contributed by atoms with Crippen molar-refractivity contribution in [3.05, 3.63) is 83.9 Å². The van der Waals surface area contributed by atoms with E-state index in [-0.39, 0.29) is 0 Å². The Hall–Kier alpha value is -3.11. The summed E-state index contributed by atoms with van der Waals surface area (Å²) in [5, 5.41) is 14.3. The minimum absolute atomic E-state index is 0.548. The van der Waals surface area contributed by atoms with Crippen molar-refractivity contribution in [2.45, 2.75) is 6.54 Å². The smallest absolute Gasteiger partial charge is 0.267 e. The van der Waals surface area contributed by atoms with Gasteiger partial charge in [-0.15, -0.1) is 0 Å². The number of fused-ring (bicyclic) bond motifs is 1. The number of hydroxylamine groups is 1. The van der Waals surface area contributed by atoms with Gasteiger partial charge in [0.15, 0.2) is 0 Å². The van der Waals surface area contributed by atoms with Crippen molar-refractivity contribution in [2.75, 3.05) is 5.32 Å². The molecule has 0 fully saturated rings. The van der Waals surface area contributed by atoms with Crippen LogP contribution in [0.25, 0.3) is 16.8 Å². The zero-order chi connectivity index (χ0) is 16.8. The maximum absolute atomic E-state index is 10.9. The fourth-order valence-electron chi connectivity index (χ4n) is 2.47. The van der Waals surface area contributed by atoms with E-state index in [9.17, 15) is 4.79 Å². The minimum Gasteiger partial charge on any atom is -0.381 e. The van der Waals surface area contributed by atoms with Crippen molar-refractivity contribution in [3.8, 4) is 0 Å². The summed E-state index contributed by atoms with van der Waals surface area (Å²) in [5.74, 6) is -0.548. The van der Waals surface area contributed by atoms with Crippen LogP contribution in [0.2, 0.25) is 0 Å². The molecule has 3 N–H and O–H groups in total. The van der Waals surface area contributed by atoms with Gasteiger partial charge in [-0.2, -0.15) is 0 Å². The zero-order valence-electron chi connectivity index (χ0n) is 13.1. The molecule has 0 saturated carbocycles. The van der Waals surface area contributed by atoms with Crippen LogP contribution >= 0.6 is 0 Å². The zero-order valence-corrected chi connectivity index (χ0v) is 13.1. The first-order valence-corrected chi connectivity index (χ1v) is 7.68. The van der Waals surface area contributed by atoms with E-state index < -0.39 is 5.91 Å². The van der Waals surface area contributed by atoms with Crippen molar-refractivity contribution in [1.82, 2.24) is 5.48 Å². The molecule has 0 radical (unpaired) electrons. The number of carbonyl (C=O) groups excluding carboxylic acids is 1. The molecule has 0 saturated heterocycles. The maximum atomic E-state index is 10.9. The Labute approximate surface area is 140 Å². The van der Waals surface area contributed by atoms with E-state index in [4.69, 9.17) is 5.21 Å². The molecule has 3 rings (SSSR count). The molecule has 0 aromatic heterocycles. The normalized spacial score (nSPS) is 10.9. The Kier molecular flexibility index (Phi) is 4.89. The van der Waals surface area contributed by atoms with Crippen molar-refractivity contribution in [2.24, 2.45) is 0 Å². The third-order valence-corrected chi connectivity index (χ3v) is 3.76. The highest BCUT2D eigenvalue weighted by Crippen LogP contribution is 2.17. The lowest BCUT2D eigenvalue weighted by Crippen LogP contribution is -2.14. The van der Waals surface area contributed by atoms with Gasteiger partial charge in [0, 0.05) is 18.3 Å². The first-order chi connectivity index (χ1) is 11.7. The molecule has 1 amide bonds. The number of anilines is 1. The molecule has 0 aliphatic rings. The van der Waals surface area contributed by atoms with Crippen molar-refractivity contribution >= 4 is 28.4 Å². The number of carbonyl (C=O) groups is 1. The van der Waals surface area contributed by atoms with Gasteiger partial charge in [0.05, 0.1) is 0 Å². The average molecular weight is 318 g/mol. The van der Waals surface area contributed by atoms with E-state index in [2.05, 4.69) is 35.6 Å². The number of hydrogen-bond acceptors (Lipinski definition) is 3. The van der Waals surface area contributed by atoms with Crippen LogP contribution in [-0.2, 0) is 11.3 Å². The topological polar surface area (TPSA) is 61.4 Å². The molecule has 3 aromatic carbocycles. The molecule has 0 aliphatic carbocycles. The van der Waals surface area contributed by atoms with Crippen LogP contribution in [0.4, 0.5) is 5.69 Å². The van der Waals surface area contributed by atoms with E-state index in [1.165, 1.54) is 22.4 Å². The van der Waals surface area contributed by atoms with Crippen LogP contribution in [0.15, 0.2) is 72.8 Å². The van der Waals surface area contributed by atoms with Crippen molar-refractivity contribution in [1.29, 1.82) is 0 Å². The number of amides is 1. The predicted molar refractivity (Wildman–Crippen MR) is 96.7 cm³/mol. The van der Waals surface area contributed by atoms with Gasteiger partial charge in [0.25, 0.3) is 5.91 Å². The van der Waals surface area contributed by atoms with Gasteiger partial charge in [-0.25, -0.2) is 5.48 Å². The van der Waals surface area contributed by atoms with Crippen LogP contribution < -0.4 is 10.8 Å². The first-order valence-electron chi connectivity index (χ1n) is 7.68. The van der Waals surface area contributed by atoms with Crippen molar-refractivity contribution in [3.63, 3.8) is 0 Å². The van der Waals surface area contributed by atoms with Gasteiger partial charge in [0.1, 0.15) is 0 Å². The lowest BCUT2D eigenvalue weighted by Gasteiger charge is -2.08. The Balaban J connectivity index is 1.63. The van der Waals surface area contributed by atoms with Crippen LogP contribution in [0, 0.1) is 0 Å². The second kappa shape index (κ2) is 7.44. The quantitative estimate of drug-likeness (QED) is 0.379. The molecular formula is C20H18N2O2.